The summed E-state index contributed by atoms with van der Waals surface area (Å²) in [6.45, 7) is 2.10. The molecule has 0 saturated carbocycles. The Morgan fingerprint density at radius 1 is 1.28 bits per heavy atom. The third-order valence-electron chi connectivity index (χ3n) is 2.12. The van der Waals surface area contributed by atoms with Crippen molar-refractivity contribution in [2.45, 2.75) is 6.42 Å². The van der Waals surface area contributed by atoms with Crippen molar-refractivity contribution in [1.82, 2.24) is 5.32 Å². The van der Waals surface area contributed by atoms with Gasteiger partial charge in [-0.3, -0.25) is 0 Å². The van der Waals surface area contributed by atoms with Crippen molar-refractivity contribution in [1.29, 1.82) is 0 Å². The summed E-state index contributed by atoms with van der Waals surface area (Å²) < 4.78 is 17.8. The fourth-order valence-corrected chi connectivity index (χ4v) is 1.27. The molecule has 0 aromatic heterocycles. The topological polar surface area (TPSA) is 76.4 Å². The number of carbonyl (C=O) groups excluding carboxylic acids is 1. The lowest BCUT2D eigenvalue weighted by Crippen LogP contribution is -2.30. The minimum atomic E-state index is -0.335. The standard InChI is InChI=1S/C12H18FN3O2/c13-10-2-4-11(5-3-10)16-12(17)15-7-1-8-18-9-6-14/h2-5H,1,6-9,14H2,(H2,15,16,17). The van der Waals surface area contributed by atoms with E-state index in [2.05, 4.69) is 10.6 Å². The summed E-state index contributed by atoms with van der Waals surface area (Å²) in [6.07, 6.45) is 0.719. The van der Waals surface area contributed by atoms with E-state index in [1.165, 1.54) is 24.3 Å². The molecule has 1 aromatic rings. The molecule has 0 spiro atoms. The Morgan fingerprint density at radius 3 is 2.67 bits per heavy atom. The zero-order valence-corrected chi connectivity index (χ0v) is 10.1. The third kappa shape index (κ3) is 6.17. The molecule has 100 valence electrons. The molecular weight excluding hydrogens is 237 g/mol. The van der Waals surface area contributed by atoms with Crippen molar-refractivity contribution in [2.24, 2.45) is 5.73 Å². The molecule has 1 aromatic carbocycles. The molecule has 1 rings (SSSR count). The van der Waals surface area contributed by atoms with Crippen LogP contribution in [-0.2, 0) is 4.74 Å². The van der Waals surface area contributed by atoms with Crippen molar-refractivity contribution in [3.8, 4) is 0 Å². The van der Waals surface area contributed by atoms with Crippen molar-refractivity contribution < 1.29 is 13.9 Å². The summed E-state index contributed by atoms with van der Waals surface area (Å²) in [5, 5.41) is 5.26. The number of carbonyl (C=O) groups is 1. The molecule has 6 heteroatoms. The van der Waals surface area contributed by atoms with Gasteiger partial charge in [0.2, 0.25) is 0 Å². The number of halogens is 1. The smallest absolute Gasteiger partial charge is 0.319 e. The summed E-state index contributed by atoms with van der Waals surface area (Å²) >= 11 is 0. The van der Waals surface area contributed by atoms with Crippen LogP contribution >= 0.6 is 0 Å². The first-order valence-corrected chi connectivity index (χ1v) is 5.80. The van der Waals surface area contributed by atoms with Gasteiger partial charge < -0.3 is 21.1 Å². The molecule has 4 N–H and O–H groups in total. The fourth-order valence-electron chi connectivity index (χ4n) is 1.27. The maximum Gasteiger partial charge on any atom is 0.319 e. The van der Waals surface area contributed by atoms with Gasteiger partial charge in [-0.25, -0.2) is 9.18 Å². The summed E-state index contributed by atoms with van der Waals surface area (Å²) in [4.78, 5) is 11.4. The predicted molar refractivity (Wildman–Crippen MR) is 67.9 cm³/mol. The van der Waals surface area contributed by atoms with Gasteiger partial charge in [-0.1, -0.05) is 0 Å². The van der Waals surface area contributed by atoms with Crippen LogP contribution in [0.1, 0.15) is 6.42 Å². The van der Waals surface area contributed by atoms with Gasteiger partial charge in [-0.05, 0) is 30.7 Å². The predicted octanol–water partition coefficient (Wildman–Crippen LogP) is 1.31. The molecular formula is C12H18FN3O2. The number of ether oxygens (including phenoxy) is 1. The Kier molecular flexibility index (Phi) is 6.75. The normalized spacial score (nSPS) is 10.1. The lowest BCUT2D eigenvalue weighted by atomic mass is 10.3. The van der Waals surface area contributed by atoms with Gasteiger partial charge in [-0.2, -0.15) is 0 Å². The van der Waals surface area contributed by atoms with E-state index in [0.29, 0.717) is 32.0 Å². The molecule has 0 bridgehead atoms. The first kappa shape index (κ1) is 14.4. The van der Waals surface area contributed by atoms with Crippen LogP contribution < -0.4 is 16.4 Å². The lowest BCUT2D eigenvalue weighted by molar-refractivity contribution is 0.139. The van der Waals surface area contributed by atoms with Crippen LogP contribution in [0.15, 0.2) is 24.3 Å². The molecule has 0 aliphatic heterocycles. The second kappa shape index (κ2) is 8.43. The zero-order chi connectivity index (χ0) is 13.2. The summed E-state index contributed by atoms with van der Waals surface area (Å²) in [7, 11) is 0. The van der Waals surface area contributed by atoms with Gasteiger partial charge in [0.1, 0.15) is 5.82 Å². The molecule has 0 unspecified atom stereocenters. The number of hydrogen-bond acceptors (Lipinski definition) is 3. The average Bonchev–Trinajstić information content (AvgIpc) is 2.36. The molecule has 0 saturated heterocycles. The number of amides is 2. The van der Waals surface area contributed by atoms with E-state index in [1.54, 1.807) is 0 Å². The van der Waals surface area contributed by atoms with E-state index in [-0.39, 0.29) is 11.8 Å². The highest BCUT2D eigenvalue weighted by Gasteiger charge is 2.00. The summed E-state index contributed by atoms with van der Waals surface area (Å²) in [5.74, 6) is -0.335. The second-order valence-corrected chi connectivity index (χ2v) is 3.64. The van der Waals surface area contributed by atoms with Crippen molar-refractivity contribution >= 4 is 11.7 Å². The van der Waals surface area contributed by atoms with E-state index in [9.17, 15) is 9.18 Å². The molecule has 2 amide bonds. The monoisotopic (exact) mass is 255 g/mol. The Hall–Kier alpha value is -1.66. The van der Waals surface area contributed by atoms with Crippen LogP contribution in [0.25, 0.3) is 0 Å². The SMILES string of the molecule is NCCOCCCNC(=O)Nc1ccc(F)cc1. The van der Waals surface area contributed by atoms with Crippen molar-refractivity contribution in [3.05, 3.63) is 30.1 Å². The summed E-state index contributed by atoms with van der Waals surface area (Å²) in [6, 6.07) is 5.26. The van der Waals surface area contributed by atoms with E-state index in [4.69, 9.17) is 10.5 Å². The highest BCUT2D eigenvalue weighted by Crippen LogP contribution is 2.07. The Balaban J connectivity index is 2.12. The zero-order valence-electron chi connectivity index (χ0n) is 10.1. The molecule has 18 heavy (non-hydrogen) atoms. The first-order chi connectivity index (χ1) is 8.72. The van der Waals surface area contributed by atoms with Gasteiger partial charge >= 0.3 is 6.03 Å². The van der Waals surface area contributed by atoms with Crippen molar-refractivity contribution in [2.75, 3.05) is 31.6 Å². The molecule has 5 nitrogen and oxygen atoms in total. The Morgan fingerprint density at radius 2 is 2.00 bits per heavy atom. The van der Waals surface area contributed by atoms with Gasteiger partial charge in [0.15, 0.2) is 0 Å². The number of benzene rings is 1. The minimum Gasteiger partial charge on any atom is -0.380 e. The largest absolute Gasteiger partial charge is 0.380 e. The quantitative estimate of drug-likeness (QED) is 0.643. The Labute approximate surface area is 106 Å². The number of hydrogen-bond donors (Lipinski definition) is 3. The second-order valence-electron chi connectivity index (χ2n) is 3.64. The van der Waals surface area contributed by atoms with E-state index in [0.717, 1.165) is 6.42 Å². The van der Waals surface area contributed by atoms with Crippen LogP contribution in [0.4, 0.5) is 14.9 Å². The van der Waals surface area contributed by atoms with Crippen LogP contribution in [-0.4, -0.2) is 32.3 Å². The average molecular weight is 255 g/mol. The molecule has 0 atom stereocenters. The van der Waals surface area contributed by atoms with Gasteiger partial charge in [0, 0.05) is 25.4 Å². The first-order valence-electron chi connectivity index (χ1n) is 5.80. The summed E-state index contributed by atoms with van der Waals surface area (Å²) in [5.41, 5.74) is 5.81. The van der Waals surface area contributed by atoms with E-state index >= 15 is 0 Å². The molecule has 0 fully saturated rings. The number of anilines is 1. The number of nitrogens with one attached hydrogen (secondary N) is 2. The molecule has 0 radical (unpaired) electrons. The van der Waals surface area contributed by atoms with Crippen LogP contribution in [0.5, 0.6) is 0 Å². The minimum absolute atomic E-state index is 0.319. The van der Waals surface area contributed by atoms with E-state index < -0.39 is 0 Å². The van der Waals surface area contributed by atoms with Gasteiger partial charge in [0.05, 0.1) is 6.61 Å². The maximum absolute atomic E-state index is 12.6. The molecule has 0 aliphatic carbocycles. The Bertz CT molecular complexity index is 357. The molecule has 0 heterocycles. The lowest BCUT2D eigenvalue weighted by Gasteiger charge is -2.07. The van der Waals surface area contributed by atoms with Crippen LogP contribution in [0.3, 0.4) is 0 Å². The highest BCUT2D eigenvalue weighted by molar-refractivity contribution is 5.89. The van der Waals surface area contributed by atoms with Gasteiger partial charge in [-0.15, -0.1) is 0 Å². The number of urea groups is 1. The highest BCUT2D eigenvalue weighted by atomic mass is 19.1. The maximum atomic E-state index is 12.6. The van der Waals surface area contributed by atoms with Gasteiger partial charge in [0.25, 0.3) is 0 Å². The number of nitrogens with two attached hydrogens (primary N) is 1. The molecule has 0 aliphatic rings. The van der Waals surface area contributed by atoms with Crippen LogP contribution in [0.2, 0.25) is 0 Å². The third-order valence-corrected chi connectivity index (χ3v) is 2.12. The number of rotatable bonds is 7. The van der Waals surface area contributed by atoms with Crippen molar-refractivity contribution in [3.63, 3.8) is 0 Å². The van der Waals surface area contributed by atoms with E-state index in [1.807, 2.05) is 0 Å². The van der Waals surface area contributed by atoms with Crippen LogP contribution in [0, 0.1) is 5.82 Å². The fraction of sp³-hybridized carbons (Fsp3) is 0.417.